The average Bonchev–Trinajstić information content (AvgIpc) is 2.14. The van der Waals surface area contributed by atoms with E-state index in [0.717, 1.165) is 13.1 Å². The highest BCUT2D eigenvalue weighted by atomic mass is 16.5. The first-order valence-electron chi connectivity index (χ1n) is 5.16. The molecule has 84 valence electrons. The maximum atomic E-state index is 11.5. The zero-order valence-electron chi connectivity index (χ0n) is 9.67. The lowest BCUT2D eigenvalue weighted by Crippen LogP contribution is -2.54. The van der Waals surface area contributed by atoms with Crippen molar-refractivity contribution in [2.45, 2.75) is 33.2 Å². The zero-order chi connectivity index (χ0) is 11.2. The summed E-state index contributed by atoms with van der Waals surface area (Å²) in [6.45, 7) is 10.3. The van der Waals surface area contributed by atoms with E-state index in [9.17, 15) is 4.79 Å². The predicted molar refractivity (Wildman–Crippen MR) is 57.0 cm³/mol. The average molecular weight is 202 g/mol. The second-order valence-electron chi connectivity index (χ2n) is 3.60. The third-order valence-corrected chi connectivity index (χ3v) is 2.19. The Morgan fingerprint density at radius 2 is 1.86 bits per heavy atom. The molecule has 0 rings (SSSR count). The normalized spacial score (nSPS) is 15.3. The summed E-state index contributed by atoms with van der Waals surface area (Å²) in [5.74, 6) is -0.327. The number of carbonyl (C=O) groups excluding carboxylic acids is 1. The number of likely N-dealkylation sites (N-methyl/N-ethyl adjacent to an activating group) is 1. The molecule has 0 aliphatic rings. The highest BCUT2D eigenvalue weighted by Gasteiger charge is 2.31. The van der Waals surface area contributed by atoms with Crippen LogP contribution in [0.3, 0.4) is 0 Å². The van der Waals surface area contributed by atoms with Gasteiger partial charge in [-0.1, -0.05) is 13.8 Å². The van der Waals surface area contributed by atoms with Crippen molar-refractivity contribution in [3.63, 3.8) is 0 Å². The molecule has 0 radical (unpaired) electrons. The molecule has 4 nitrogen and oxygen atoms in total. The van der Waals surface area contributed by atoms with Gasteiger partial charge in [0.25, 0.3) is 0 Å². The van der Waals surface area contributed by atoms with Crippen LogP contribution in [0.1, 0.15) is 27.7 Å². The van der Waals surface area contributed by atoms with Crippen LogP contribution in [-0.4, -0.2) is 42.6 Å². The molecule has 0 aromatic carbocycles. The minimum atomic E-state index is -0.901. The minimum Gasteiger partial charge on any atom is -0.465 e. The van der Waals surface area contributed by atoms with Crippen LogP contribution in [0, 0.1) is 0 Å². The fourth-order valence-corrected chi connectivity index (χ4v) is 1.27. The standard InChI is InChI=1S/C10H22N2O2/c1-5-12(6-2)8-10(4,11)9(13)14-7-3/h5-8,11H2,1-4H3. The number of hydrogen-bond acceptors (Lipinski definition) is 4. The van der Waals surface area contributed by atoms with Crippen molar-refractivity contribution in [1.82, 2.24) is 4.90 Å². The first-order valence-corrected chi connectivity index (χ1v) is 5.16. The minimum absolute atomic E-state index is 0.327. The van der Waals surface area contributed by atoms with Gasteiger partial charge in [-0.25, -0.2) is 0 Å². The molecule has 0 spiro atoms. The highest BCUT2D eigenvalue weighted by molar-refractivity contribution is 5.80. The molecule has 0 aromatic heterocycles. The number of hydrogen-bond donors (Lipinski definition) is 1. The fourth-order valence-electron chi connectivity index (χ4n) is 1.27. The first kappa shape index (κ1) is 13.4. The SMILES string of the molecule is CCOC(=O)C(C)(N)CN(CC)CC. The lowest BCUT2D eigenvalue weighted by atomic mass is 10.0. The Morgan fingerprint density at radius 3 is 2.21 bits per heavy atom. The van der Waals surface area contributed by atoms with Crippen molar-refractivity contribution in [2.24, 2.45) is 5.73 Å². The van der Waals surface area contributed by atoms with Crippen LogP contribution in [0.15, 0.2) is 0 Å². The Balaban J connectivity index is 4.23. The van der Waals surface area contributed by atoms with Crippen molar-refractivity contribution in [3.05, 3.63) is 0 Å². The summed E-state index contributed by atoms with van der Waals surface area (Å²) in [6.07, 6.45) is 0. The summed E-state index contributed by atoms with van der Waals surface area (Å²) in [4.78, 5) is 13.6. The Kier molecular flexibility index (Phi) is 5.72. The van der Waals surface area contributed by atoms with Crippen LogP contribution in [0.4, 0.5) is 0 Å². The molecule has 0 amide bonds. The van der Waals surface area contributed by atoms with Crippen molar-refractivity contribution >= 4 is 5.97 Å². The Morgan fingerprint density at radius 1 is 1.36 bits per heavy atom. The number of ether oxygens (including phenoxy) is 1. The smallest absolute Gasteiger partial charge is 0.327 e. The van der Waals surface area contributed by atoms with E-state index in [1.54, 1.807) is 13.8 Å². The van der Waals surface area contributed by atoms with Crippen molar-refractivity contribution in [1.29, 1.82) is 0 Å². The van der Waals surface area contributed by atoms with Crippen LogP contribution in [-0.2, 0) is 9.53 Å². The first-order chi connectivity index (χ1) is 6.47. The van der Waals surface area contributed by atoms with Crippen LogP contribution in [0.5, 0.6) is 0 Å². The molecule has 0 saturated heterocycles. The third-order valence-electron chi connectivity index (χ3n) is 2.19. The summed E-state index contributed by atoms with van der Waals surface area (Å²) >= 11 is 0. The second-order valence-corrected chi connectivity index (χ2v) is 3.60. The number of rotatable bonds is 6. The van der Waals surface area contributed by atoms with Gasteiger partial charge in [0.2, 0.25) is 0 Å². The van der Waals surface area contributed by atoms with Crippen molar-refractivity contribution in [3.8, 4) is 0 Å². The van der Waals surface area contributed by atoms with Gasteiger partial charge in [-0.2, -0.15) is 0 Å². The number of carbonyl (C=O) groups is 1. The molecule has 0 aromatic rings. The molecule has 4 heteroatoms. The van der Waals surface area contributed by atoms with Gasteiger partial charge in [-0.05, 0) is 26.9 Å². The quantitative estimate of drug-likeness (QED) is 0.641. The number of esters is 1. The molecule has 1 unspecified atom stereocenters. The summed E-state index contributed by atoms with van der Waals surface area (Å²) in [7, 11) is 0. The Labute approximate surface area is 86.4 Å². The Bertz CT molecular complexity index is 177. The molecule has 0 saturated carbocycles. The summed E-state index contributed by atoms with van der Waals surface area (Å²) in [6, 6.07) is 0. The number of nitrogens with two attached hydrogens (primary N) is 1. The van der Waals surface area contributed by atoms with E-state index < -0.39 is 5.54 Å². The monoisotopic (exact) mass is 202 g/mol. The van der Waals surface area contributed by atoms with Crippen LogP contribution >= 0.6 is 0 Å². The molecule has 1 atom stereocenters. The molecule has 0 fully saturated rings. The third kappa shape index (κ3) is 4.07. The van der Waals surface area contributed by atoms with Crippen molar-refractivity contribution < 1.29 is 9.53 Å². The zero-order valence-corrected chi connectivity index (χ0v) is 9.67. The molecule has 0 aliphatic carbocycles. The molecular weight excluding hydrogens is 180 g/mol. The van der Waals surface area contributed by atoms with E-state index in [1.165, 1.54) is 0 Å². The van der Waals surface area contributed by atoms with E-state index in [1.807, 2.05) is 13.8 Å². The number of nitrogens with zero attached hydrogens (tertiary/aromatic N) is 1. The van der Waals surface area contributed by atoms with E-state index in [4.69, 9.17) is 10.5 Å². The van der Waals surface area contributed by atoms with E-state index in [2.05, 4.69) is 4.90 Å². The summed E-state index contributed by atoms with van der Waals surface area (Å²) in [5, 5.41) is 0. The van der Waals surface area contributed by atoms with Gasteiger partial charge in [0, 0.05) is 6.54 Å². The molecule has 0 heterocycles. The van der Waals surface area contributed by atoms with Gasteiger partial charge < -0.3 is 15.4 Å². The molecule has 0 bridgehead atoms. The largest absolute Gasteiger partial charge is 0.465 e. The maximum absolute atomic E-state index is 11.5. The highest BCUT2D eigenvalue weighted by Crippen LogP contribution is 2.05. The molecule has 14 heavy (non-hydrogen) atoms. The van der Waals surface area contributed by atoms with E-state index >= 15 is 0 Å². The van der Waals surface area contributed by atoms with E-state index in [0.29, 0.717) is 13.2 Å². The molecular formula is C10H22N2O2. The van der Waals surface area contributed by atoms with E-state index in [-0.39, 0.29) is 5.97 Å². The van der Waals surface area contributed by atoms with Gasteiger partial charge in [-0.15, -0.1) is 0 Å². The van der Waals surface area contributed by atoms with Crippen LogP contribution in [0.25, 0.3) is 0 Å². The Hall–Kier alpha value is -0.610. The van der Waals surface area contributed by atoms with Gasteiger partial charge in [0.15, 0.2) is 0 Å². The lowest BCUT2D eigenvalue weighted by Gasteiger charge is -2.29. The van der Waals surface area contributed by atoms with Crippen LogP contribution < -0.4 is 5.73 Å². The van der Waals surface area contributed by atoms with Gasteiger partial charge in [0.05, 0.1) is 6.61 Å². The lowest BCUT2D eigenvalue weighted by molar-refractivity contribution is -0.149. The van der Waals surface area contributed by atoms with Gasteiger partial charge in [0.1, 0.15) is 5.54 Å². The summed E-state index contributed by atoms with van der Waals surface area (Å²) < 4.78 is 4.91. The van der Waals surface area contributed by atoms with Crippen molar-refractivity contribution in [2.75, 3.05) is 26.2 Å². The molecule has 0 aliphatic heterocycles. The maximum Gasteiger partial charge on any atom is 0.327 e. The fraction of sp³-hybridized carbons (Fsp3) is 0.900. The summed E-state index contributed by atoms with van der Waals surface area (Å²) in [5.41, 5.74) is 4.98. The van der Waals surface area contributed by atoms with Gasteiger partial charge >= 0.3 is 5.97 Å². The van der Waals surface area contributed by atoms with Gasteiger partial charge in [-0.3, -0.25) is 4.79 Å². The predicted octanol–water partition coefficient (Wildman–Crippen LogP) is 0.609. The second kappa shape index (κ2) is 5.98. The topological polar surface area (TPSA) is 55.6 Å². The molecule has 2 N–H and O–H groups in total. The van der Waals surface area contributed by atoms with Crippen LogP contribution in [0.2, 0.25) is 0 Å².